The minimum Gasteiger partial charge on any atom is -0.445 e. The first-order chi connectivity index (χ1) is 9.70. The van der Waals surface area contributed by atoms with Crippen LogP contribution in [0.4, 0.5) is 0 Å². The van der Waals surface area contributed by atoms with Crippen molar-refractivity contribution in [1.82, 2.24) is 0 Å². The molecule has 0 aliphatic carbocycles. The van der Waals surface area contributed by atoms with E-state index in [1.807, 2.05) is 11.8 Å². The molecule has 4 heteroatoms. The molecule has 0 saturated carbocycles. The largest absolute Gasteiger partial charge is 0.445 e. The first-order valence-corrected chi connectivity index (χ1v) is 7.80. The Labute approximate surface area is 123 Å². The van der Waals surface area contributed by atoms with Gasteiger partial charge in [0.25, 0.3) is 0 Å². The SMILES string of the molecule is Cc1ccc(C2C(C#N)=C(N)OC3=C2CSCC3)cc1. The molecule has 0 aromatic heterocycles. The number of allylic oxidation sites excluding steroid dienone is 2. The number of aryl methyl sites for hydroxylation is 1. The third-order valence-electron chi connectivity index (χ3n) is 3.76. The van der Waals surface area contributed by atoms with Gasteiger partial charge < -0.3 is 10.5 Å². The Balaban J connectivity index is 2.11. The van der Waals surface area contributed by atoms with E-state index in [9.17, 15) is 5.26 Å². The molecule has 2 aliphatic heterocycles. The summed E-state index contributed by atoms with van der Waals surface area (Å²) in [5.41, 5.74) is 10.0. The van der Waals surface area contributed by atoms with E-state index in [0.29, 0.717) is 5.57 Å². The van der Waals surface area contributed by atoms with Gasteiger partial charge in [-0.25, -0.2) is 0 Å². The van der Waals surface area contributed by atoms with Crippen molar-refractivity contribution in [2.75, 3.05) is 11.5 Å². The maximum Gasteiger partial charge on any atom is 0.205 e. The summed E-state index contributed by atoms with van der Waals surface area (Å²) in [4.78, 5) is 0. The van der Waals surface area contributed by atoms with Crippen LogP contribution in [0.5, 0.6) is 0 Å². The molecule has 2 aliphatic rings. The lowest BCUT2D eigenvalue weighted by Crippen LogP contribution is -2.24. The zero-order valence-corrected chi connectivity index (χ0v) is 12.2. The molecule has 1 atom stereocenters. The van der Waals surface area contributed by atoms with Crippen LogP contribution in [0, 0.1) is 18.3 Å². The van der Waals surface area contributed by atoms with E-state index in [0.717, 1.165) is 29.2 Å². The van der Waals surface area contributed by atoms with Crippen LogP contribution < -0.4 is 5.73 Å². The molecule has 1 aromatic carbocycles. The van der Waals surface area contributed by atoms with Crippen molar-refractivity contribution in [3.63, 3.8) is 0 Å². The van der Waals surface area contributed by atoms with Gasteiger partial charge in [0.05, 0.1) is 0 Å². The summed E-state index contributed by atoms with van der Waals surface area (Å²) >= 11 is 1.89. The molecule has 0 saturated heterocycles. The normalized spacial score (nSPS) is 22.1. The Kier molecular flexibility index (Phi) is 3.45. The minimum absolute atomic E-state index is 0.0443. The summed E-state index contributed by atoms with van der Waals surface area (Å²) in [6.45, 7) is 2.06. The Morgan fingerprint density at radius 3 is 2.80 bits per heavy atom. The lowest BCUT2D eigenvalue weighted by Gasteiger charge is -2.31. The summed E-state index contributed by atoms with van der Waals surface area (Å²) in [6.07, 6.45) is 0.891. The molecule has 3 rings (SSSR count). The van der Waals surface area contributed by atoms with Gasteiger partial charge in [-0.05, 0) is 18.1 Å². The van der Waals surface area contributed by atoms with E-state index in [2.05, 4.69) is 37.3 Å². The van der Waals surface area contributed by atoms with Gasteiger partial charge in [0.2, 0.25) is 5.88 Å². The van der Waals surface area contributed by atoms with Gasteiger partial charge in [0.15, 0.2) is 0 Å². The monoisotopic (exact) mass is 284 g/mol. The average Bonchev–Trinajstić information content (AvgIpc) is 2.47. The van der Waals surface area contributed by atoms with Gasteiger partial charge in [-0.2, -0.15) is 17.0 Å². The topological polar surface area (TPSA) is 59.0 Å². The number of thioether (sulfide) groups is 1. The van der Waals surface area contributed by atoms with E-state index in [-0.39, 0.29) is 11.8 Å². The van der Waals surface area contributed by atoms with E-state index in [1.165, 1.54) is 11.1 Å². The van der Waals surface area contributed by atoms with Crippen molar-refractivity contribution >= 4 is 11.8 Å². The molecule has 0 bridgehead atoms. The zero-order valence-electron chi connectivity index (χ0n) is 11.3. The number of benzene rings is 1. The van der Waals surface area contributed by atoms with Crippen molar-refractivity contribution in [2.45, 2.75) is 19.3 Å². The van der Waals surface area contributed by atoms with E-state index < -0.39 is 0 Å². The third kappa shape index (κ3) is 2.19. The van der Waals surface area contributed by atoms with Crippen LogP contribution in [0.3, 0.4) is 0 Å². The highest BCUT2D eigenvalue weighted by molar-refractivity contribution is 7.99. The van der Waals surface area contributed by atoms with Crippen molar-refractivity contribution < 1.29 is 4.74 Å². The van der Waals surface area contributed by atoms with Gasteiger partial charge in [0.1, 0.15) is 17.4 Å². The molecule has 3 nitrogen and oxygen atoms in total. The van der Waals surface area contributed by atoms with Crippen molar-refractivity contribution in [2.24, 2.45) is 5.73 Å². The highest BCUT2D eigenvalue weighted by Gasteiger charge is 2.33. The zero-order chi connectivity index (χ0) is 14.1. The van der Waals surface area contributed by atoms with Crippen LogP contribution in [0.1, 0.15) is 23.5 Å². The van der Waals surface area contributed by atoms with Crippen LogP contribution in [-0.4, -0.2) is 11.5 Å². The van der Waals surface area contributed by atoms with Gasteiger partial charge in [-0.15, -0.1) is 0 Å². The molecular weight excluding hydrogens is 268 g/mol. The molecule has 0 amide bonds. The summed E-state index contributed by atoms with van der Waals surface area (Å²) in [5, 5.41) is 9.44. The number of hydrogen-bond acceptors (Lipinski definition) is 4. The van der Waals surface area contributed by atoms with Crippen molar-refractivity contribution in [1.29, 1.82) is 5.26 Å². The van der Waals surface area contributed by atoms with Crippen molar-refractivity contribution in [3.8, 4) is 6.07 Å². The number of nitriles is 1. The van der Waals surface area contributed by atoms with Gasteiger partial charge in [0, 0.05) is 23.8 Å². The first-order valence-electron chi connectivity index (χ1n) is 6.64. The fraction of sp³-hybridized carbons (Fsp3) is 0.312. The predicted molar refractivity (Wildman–Crippen MR) is 80.8 cm³/mol. The molecule has 0 fully saturated rings. The predicted octanol–water partition coefficient (Wildman–Crippen LogP) is 3.19. The molecule has 2 heterocycles. The molecule has 102 valence electrons. The number of ether oxygens (including phenoxy) is 1. The van der Waals surface area contributed by atoms with E-state index in [1.54, 1.807) is 0 Å². The Hall–Kier alpha value is -1.86. The maximum atomic E-state index is 9.44. The fourth-order valence-electron chi connectivity index (χ4n) is 2.70. The Bertz CT molecular complexity index is 637. The molecular formula is C16H16N2OS. The third-order valence-corrected chi connectivity index (χ3v) is 4.76. The maximum absolute atomic E-state index is 9.44. The minimum atomic E-state index is -0.0443. The van der Waals surface area contributed by atoms with Gasteiger partial charge in [-0.1, -0.05) is 29.8 Å². The van der Waals surface area contributed by atoms with Gasteiger partial charge in [-0.3, -0.25) is 0 Å². The van der Waals surface area contributed by atoms with Crippen LogP contribution in [0.2, 0.25) is 0 Å². The summed E-state index contributed by atoms with van der Waals surface area (Å²) in [6, 6.07) is 10.6. The number of nitrogens with two attached hydrogens (primary N) is 1. The average molecular weight is 284 g/mol. The highest BCUT2D eigenvalue weighted by atomic mass is 32.2. The van der Waals surface area contributed by atoms with Crippen LogP contribution in [0.25, 0.3) is 0 Å². The quantitative estimate of drug-likeness (QED) is 0.860. The molecule has 2 N–H and O–H groups in total. The van der Waals surface area contributed by atoms with Crippen LogP contribution in [-0.2, 0) is 4.74 Å². The number of nitrogens with zero attached hydrogens (tertiary/aromatic N) is 1. The number of hydrogen-bond donors (Lipinski definition) is 1. The standard InChI is InChI=1S/C16H16N2OS/c1-10-2-4-11(5-3-10)15-12(8-17)16(18)19-14-6-7-20-9-13(14)15/h2-5,15H,6-7,9,18H2,1H3. The molecule has 0 radical (unpaired) electrons. The second-order valence-electron chi connectivity index (χ2n) is 5.09. The van der Waals surface area contributed by atoms with Crippen LogP contribution >= 0.6 is 11.8 Å². The van der Waals surface area contributed by atoms with Crippen molar-refractivity contribution in [3.05, 3.63) is 58.2 Å². The molecule has 1 unspecified atom stereocenters. The number of rotatable bonds is 1. The second kappa shape index (κ2) is 5.26. The van der Waals surface area contributed by atoms with Crippen LogP contribution in [0.15, 0.2) is 47.1 Å². The van der Waals surface area contributed by atoms with Gasteiger partial charge >= 0.3 is 0 Å². The summed E-state index contributed by atoms with van der Waals surface area (Å²) in [5.74, 6) is 3.15. The van der Waals surface area contributed by atoms with E-state index >= 15 is 0 Å². The molecule has 1 aromatic rings. The first kappa shape index (κ1) is 13.1. The molecule has 20 heavy (non-hydrogen) atoms. The van der Waals surface area contributed by atoms with E-state index in [4.69, 9.17) is 10.5 Å². The Morgan fingerprint density at radius 2 is 2.10 bits per heavy atom. The fourth-order valence-corrected chi connectivity index (χ4v) is 3.72. The molecule has 0 spiro atoms. The Morgan fingerprint density at radius 1 is 1.35 bits per heavy atom. The lowest BCUT2D eigenvalue weighted by atomic mass is 9.83. The summed E-state index contributed by atoms with van der Waals surface area (Å²) < 4.78 is 5.67. The lowest BCUT2D eigenvalue weighted by molar-refractivity contribution is 0.268. The highest BCUT2D eigenvalue weighted by Crippen LogP contribution is 2.43. The summed E-state index contributed by atoms with van der Waals surface area (Å²) in [7, 11) is 0. The smallest absolute Gasteiger partial charge is 0.205 e. The second-order valence-corrected chi connectivity index (χ2v) is 6.19.